The number of nitrogens with zero attached hydrogens (tertiary/aromatic N) is 1. The van der Waals surface area contributed by atoms with E-state index in [0.717, 1.165) is 0 Å². The van der Waals surface area contributed by atoms with Gasteiger partial charge in [-0.25, -0.2) is 0 Å². The summed E-state index contributed by atoms with van der Waals surface area (Å²) in [5, 5.41) is 3.60. The third-order valence-electron chi connectivity index (χ3n) is 2.89. The van der Waals surface area contributed by atoms with Crippen LogP contribution in [-0.2, 0) is 9.59 Å². The Bertz CT molecular complexity index is 519. The lowest BCUT2D eigenvalue weighted by molar-refractivity contribution is -0.128. The molecule has 0 aliphatic carbocycles. The van der Waals surface area contributed by atoms with E-state index < -0.39 is 5.41 Å². The molecule has 0 aromatic heterocycles. The smallest absolute Gasteiger partial charge is 0.225 e. The number of anilines is 1. The molecule has 6 heteroatoms. The van der Waals surface area contributed by atoms with E-state index >= 15 is 0 Å². The maximum atomic E-state index is 11.8. The summed E-state index contributed by atoms with van der Waals surface area (Å²) < 4.78 is 0. The number of carbonyl (C=O) groups is 2. The van der Waals surface area contributed by atoms with Gasteiger partial charge >= 0.3 is 0 Å². The molecule has 0 radical (unpaired) electrons. The van der Waals surface area contributed by atoms with Crippen LogP contribution in [0.2, 0.25) is 10.0 Å². The highest BCUT2D eigenvalue weighted by Gasteiger charge is 2.22. The van der Waals surface area contributed by atoms with E-state index in [1.807, 2.05) is 20.8 Å². The predicted octanol–water partition coefficient (Wildman–Crippen LogP) is 3.51. The average Bonchev–Trinajstić information content (AvgIpc) is 2.34. The Morgan fingerprint density at radius 3 is 2.14 bits per heavy atom. The van der Waals surface area contributed by atoms with E-state index in [2.05, 4.69) is 5.32 Å². The van der Waals surface area contributed by atoms with Crippen molar-refractivity contribution < 1.29 is 9.59 Å². The van der Waals surface area contributed by atoms with Crippen LogP contribution in [0.5, 0.6) is 0 Å². The van der Waals surface area contributed by atoms with Crippen molar-refractivity contribution in [2.45, 2.75) is 27.7 Å². The molecule has 0 spiro atoms. The highest BCUT2D eigenvalue weighted by atomic mass is 35.5. The van der Waals surface area contributed by atoms with Gasteiger partial charge in [-0.1, -0.05) is 50.0 Å². The first-order chi connectivity index (χ1) is 9.64. The molecular weight excluding hydrogens is 311 g/mol. The van der Waals surface area contributed by atoms with Crippen molar-refractivity contribution in [3.8, 4) is 0 Å². The molecule has 1 aromatic carbocycles. The maximum Gasteiger partial charge on any atom is 0.225 e. The van der Waals surface area contributed by atoms with Gasteiger partial charge in [-0.3, -0.25) is 9.59 Å². The van der Waals surface area contributed by atoms with Crippen LogP contribution in [0.3, 0.4) is 0 Å². The third kappa shape index (κ3) is 4.90. The summed E-state index contributed by atoms with van der Waals surface area (Å²) in [6, 6.07) is 5.06. The molecule has 0 saturated carbocycles. The number of nitrogens with one attached hydrogen (secondary N) is 1. The number of para-hydroxylation sites is 1. The van der Waals surface area contributed by atoms with Gasteiger partial charge in [0, 0.05) is 25.4 Å². The van der Waals surface area contributed by atoms with Crippen molar-refractivity contribution in [1.29, 1.82) is 0 Å². The molecular formula is C15H20Cl2N2O2. The molecule has 1 aromatic rings. The van der Waals surface area contributed by atoms with E-state index in [1.165, 1.54) is 11.8 Å². The molecule has 0 bridgehead atoms. The summed E-state index contributed by atoms with van der Waals surface area (Å²) in [5.74, 6) is -0.258. The van der Waals surface area contributed by atoms with Crippen molar-refractivity contribution in [2.75, 3.05) is 18.0 Å². The minimum atomic E-state index is -0.469. The van der Waals surface area contributed by atoms with E-state index in [9.17, 15) is 9.59 Å². The van der Waals surface area contributed by atoms with Gasteiger partial charge in [0.2, 0.25) is 11.8 Å². The summed E-state index contributed by atoms with van der Waals surface area (Å²) in [5.41, 5.74) is 0.00153. The van der Waals surface area contributed by atoms with Crippen LogP contribution in [0.1, 0.15) is 27.7 Å². The second-order valence-corrected chi connectivity index (χ2v) is 6.56. The zero-order valence-corrected chi connectivity index (χ0v) is 14.2. The third-order valence-corrected chi connectivity index (χ3v) is 3.50. The van der Waals surface area contributed by atoms with Gasteiger partial charge in [-0.05, 0) is 12.1 Å². The Hall–Kier alpha value is -1.26. The lowest BCUT2D eigenvalue weighted by Crippen LogP contribution is -2.41. The first-order valence-electron chi connectivity index (χ1n) is 6.65. The number of hydrogen-bond donors (Lipinski definition) is 1. The molecule has 0 atom stereocenters. The first kappa shape index (κ1) is 17.8. The van der Waals surface area contributed by atoms with Crippen LogP contribution in [0.25, 0.3) is 0 Å². The van der Waals surface area contributed by atoms with E-state index in [0.29, 0.717) is 28.8 Å². The van der Waals surface area contributed by atoms with E-state index in [-0.39, 0.29) is 11.8 Å². The fourth-order valence-corrected chi connectivity index (χ4v) is 2.32. The Balaban J connectivity index is 2.81. The predicted molar refractivity (Wildman–Crippen MR) is 87.0 cm³/mol. The zero-order chi connectivity index (χ0) is 16.2. The Morgan fingerprint density at radius 2 is 1.71 bits per heavy atom. The van der Waals surface area contributed by atoms with Gasteiger partial charge in [-0.2, -0.15) is 0 Å². The molecule has 4 nitrogen and oxygen atoms in total. The van der Waals surface area contributed by atoms with Gasteiger partial charge in [-0.15, -0.1) is 0 Å². The van der Waals surface area contributed by atoms with E-state index in [4.69, 9.17) is 23.2 Å². The monoisotopic (exact) mass is 330 g/mol. The summed E-state index contributed by atoms with van der Waals surface area (Å²) >= 11 is 12.2. The van der Waals surface area contributed by atoms with Crippen molar-refractivity contribution in [3.05, 3.63) is 28.2 Å². The number of benzene rings is 1. The molecule has 0 fully saturated rings. The normalized spacial score (nSPS) is 11.1. The second-order valence-electron chi connectivity index (χ2n) is 5.75. The van der Waals surface area contributed by atoms with Gasteiger partial charge in [0.15, 0.2) is 0 Å². The van der Waals surface area contributed by atoms with Gasteiger partial charge < -0.3 is 10.2 Å². The lowest BCUT2D eigenvalue weighted by Gasteiger charge is -2.25. The van der Waals surface area contributed by atoms with Crippen molar-refractivity contribution >= 4 is 40.7 Å². The number of amides is 2. The van der Waals surface area contributed by atoms with Gasteiger partial charge in [0.1, 0.15) is 0 Å². The standard InChI is InChI=1S/C15H20Cl2N2O2/c1-10(20)19(9-8-18-14(21)15(2,3)4)13-11(16)6-5-7-12(13)17/h5-7H,8-9H2,1-4H3,(H,18,21). The number of halogens is 2. The summed E-state index contributed by atoms with van der Waals surface area (Å²) in [4.78, 5) is 25.1. The van der Waals surface area contributed by atoms with Crippen LogP contribution in [0, 0.1) is 5.41 Å². The molecule has 0 aliphatic rings. The SMILES string of the molecule is CC(=O)N(CCNC(=O)C(C)(C)C)c1c(Cl)cccc1Cl. The van der Waals surface area contributed by atoms with Crippen LogP contribution in [0.4, 0.5) is 5.69 Å². The van der Waals surface area contributed by atoms with Crippen molar-refractivity contribution in [1.82, 2.24) is 5.32 Å². The molecule has 1 rings (SSSR count). The zero-order valence-electron chi connectivity index (χ0n) is 12.7. The molecule has 0 unspecified atom stereocenters. The van der Waals surface area contributed by atoms with E-state index in [1.54, 1.807) is 18.2 Å². The summed E-state index contributed by atoms with van der Waals surface area (Å²) in [6.07, 6.45) is 0. The fraction of sp³-hybridized carbons (Fsp3) is 0.467. The van der Waals surface area contributed by atoms with Crippen LogP contribution >= 0.6 is 23.2 Å². The topological polar surface area (TPSA) is 49.4 Å². The maximum absolute atomic E-state index is 11.8. The molecule has 2 amide bonds. The Kier molecular flexibility index (Phi) is 6.05. The number of carbonyl (C=O) groups excluding carboxylic acids is 2. The quantitative estimate of drug-likeness (QED) is 0.918. The molecule has 0 aliphatic heterocycles. The summed E-state index contributed by atoms with van der Waals surface area (Å²) in [6.45, 7) is 7.56. The van der Waals surface area contributed by atoms with Crippen molar-refractivity contribution in [2.24, 2.45) is 5.41 Å². The van der Waals surface area contributed by atoms with Gasteiger partial charge in [0.25, 0.3) is 0 Å². The molecule has 0 saturated heterocycles. The molecule has 1 N–H and O–H groups in total. The molecule has 0 heterocycles. The second kappa shape index (κ2) is 7.14. The Morgan fingerprint density at radius 1 is 1.19 bits per heavy atom. The minimum Gasteiger partial charge on any atom is -0.354 e. The minimum absolute atomic E-state index is 0.0729. The van der Waals surface area contributed by atoms with Crippen molar-refractivity contribution in [3.63, 3.8) is 0 Å². The largest absolute Gasteiger partial charge is 0.354 e. The summed E-state index contributed by atoms with van der Waals surface area (Å²) in [7, 11) is 0. The van der Waals surface area contributed by atoms with Crippen LogP contribution in [-0.4, -0.2) is 24.9 Å². The molecule has 21 heavy (non-hydrogen) atoms. The number of hydrogen-bond acceptors (Lipinski definition) is 2. The van der Waals surface area contributed by atoms with Crippen LogP contribution in [0.15, 0.2) is 18.2 Å². The fourth-order valence-electron chi connectivity index (χ4n) is 1.72. The first-order valence-corrected chi connectivity index (χ1v) is 7.40. The average molecular weight is 331 g/mol. The highest BCUT2D eigenvalue weighted by molar-refractivity contribution is 6.39. The highest BCUT2D eigenvalue weighted by Crippen LogP contribution is 2.33. The Labute approximate surface area is 135 Å². The van der Waals surface area contributed by atoms with Crippen LogP contribution < -0.4 is 10.2 Å². The number of rotatable bonds is 4. The molecule has 116 valence electrons. The lowest BCUT2D eigenvalue weighted by atomic mass is 9.96. The van der Waals surface area contributed by atoms with Gasteiger partial charge in [0.05, 0.1) is 15.7 Å².